The molecule has 5 heteroatoms. The van der Waals surface area contributed by atoms with E-state index in [1.54, 1.807) is 10.7 Å². The van der Waals surface area contributed by atoms with Crippen LogP contribution in [-0.4, -0.2) is 28.9 Å². The molecule has 2 heterocycles. The maximum Gasteiger partial charge on any atom is 0.266 e. The van der Waals surface area contributed by atoms with Gasteiger partial charge in [0.1, 0.15) is 5.82 Å². The van der Waals surface area contributed by atoms with Crippen molar-refractivity contribution >= 4 is 5.82 Å². The van der Waals surface area contributed by atoms with E-state index in [-0.39, 0.29) is 11.6 Å². The fourth-order valence-electron chi connectivity index (χ4n) is 2.28. The first-order chi connectivity index (χ1) is 8.22. The van der Waals surface area contributed by atoms with Gasteiger partial charge in [0, 0.05) is 31.7 Å². The second-order valence-electron chi connectivity index (χ2n) is 5.15. The van der Waals surface area contributed by atoms with Crippen molar-refractivity contribution in [1.29, 1.82) is 0 Å². The van der Waals surface area contributed by atoms with Crippen molar-refractivity contribution in [2.75, 3.05) is 18.0 Å². The lowest BCUT2D eigenvalue weighted by atomic mass is 10.3. The van der Waals surface area contributed by atoms with E-state index in [1.165, 1.54) is 12.8 Å². The van der Waals surface area contributed by atoms with Crippen molar-refractivity contribution in [3.8, 4) is 0 Å². The fourth-order valence-corrected chi connectivity index (χ4v) is 2.28. The third-order valence-corrected chi connectivity index (χ3v) is 3.53. The van der Waals surface area contributed by atoms with E-state index in [1.807, 2.05) is 6.07 Å². The standard InChI is InChI=1S/C12H18N4O/c13-10-5-6-15(8-10)11-3-4-12(17)16(14-11)7-9-1-2-9/h3-4,9-10H,1-2,5-8,13H2. The molecule has 1 saturated carbocycles. The van der Waals surface area contributed by atoms with Crippen molar-refractivity contribution in [3.63, 3.8) is 0 Å². The summed E-state index contributed by atoms with van der Waals surface area (Å²) in [6, 6.07) is 3.67. The van der Waals surface area contributed by atoms with Gasteiger partial charge in [-0.25, -0.2) is 4.68 Å². The van der Waals surface area contributed by atoms with Gasteiger partial charge in [-0.1, -0.05) is 0 Å². The van der Waals surface area contributed by atoms with Crippen LogP contribution in [0.4, 0.5) is 5.82 Å². The Morgan fingerprint density at radius 2 is 2.18 bits per heavy atom. The molecule has 17 heavy (non-hydrogen) atoms. The minimum Gasteiger partial charge on any atom is -0.354 e. The molecule has 1 aliphatic heterocycles. The van der Waals surface area contributed by atoms with Crippen molar-refractivity contribution in [3.05, 3.63) is 22.5 Å². The molecule has 2 aliphatic rings. The van der Waals surface area contributed by atoms with Gasteiger partial charge < -0.3 is 10.6 Å². The Hall–Kier alpha value is -1.36. The molecular formula is C12H18N4O. The van der Waals surface area contributed by atoms with E-state index in [9.17, 15) is 4.79 Å². The summed E-state index contributed by atoms with van der Waals surface area (Å²) in [6.07, 6.45) is 3.46. The minimum absolute atomic E-state index is 0.00384. The van der Waals surface area contributed by atoms with E-state index < -0.39 is 0 Å². The molecule has 5 nitrogen and oxygen atoms in total. The van der Waals surface area contributed by atoms with Gasteiger partial charge in [0.25, 0.3) is 5.56 Å². The molecule has 2 fully saturated rings. The molecule has 1 aromatic heterocycles. The fraction of sp³-hybridized carbons (Fsp3) is 0.667. The third kappa shape index (κ3) is 2.34. The second kappa shape index (κ2) is 4.14. The van der Waals surface area contributed by atoms with Gasteiger partial charge in [0.2, 0.25) is 0 Å². The molecule has 0 radical (unpaired) electrons. The van der Waals surface area contributed by atoms with Gasteiger partial charge in [-0.05, 0) is 31.2 Å². The van der Waals surface area contributed by atoms with E-state index >= 15 is 0 Å². The number of hydrogen-bond donors (Lipinski definition) is 1. The van der Waals surface area contributed by atoms with Crippen LogP contribution in [0.3, 0.4) is 0 Å². The predicted molar refractivity (Wildman–Crippen MR) is 66.0 cm³/mol. The van der Waals surface area contributed by atoms with Crippen LogP contribution in [0.25, 0.3) is 0 Å². The van der Waals surface area contributed by atoms with Crippen molar-refractivity contribution in [2.45, 2.75) is 31.8 Å². The Labute approximate surface area is 100 Å². The van der Waals surface area contributed by atoms with Crippen molar-refractivity contribution in [2.24, 2.45) is 11.7 Å². The summed E-state index contributed by atoms with van der Waals surface area (Å²) in [4.78, 5) is 13.8. The van der Waals surface area contributed by atoms with Crippen LogP contribution in [0.2, 0.25) is 0 Å². The summed E-state index contributed by atoms with van der Waals surface area (Å²) in [7, 11) is 0. The average Bonchev–Trinajstić information content (AvgIpc) is 3.02. The summed E-state index contributed by atoms with van der Waals surface area (Å²) in [5.74, 6) is 1.55. The molecule has 92 valence electrons. The molecule has 2 N–H and O–H groups in total. The van der Waals surface area contributed by atoms with Gasteiger partial charge in [0.05, 0.1) is 0 Å². The molecule has 1 atom stereocenters. The van der Waals surface area contributed by atoms with E-state index in [2.05, 4.69) is 10.00 Å². The first-order valence-corrected chi connectivity index (χ1v) is 6.31. The molecule has 0 aromatic carbocycles. The monoisotopic (exact) mass is 234 g/mol. The number of anilines is 1. The highest BCUT2D eigenvalue weighted by molar-refractivity contribution is 5.38. The quantitative estimate of drug-likeness (QED) is 0.811. The van der Waals surface area contributed by atoms with Crippen LogP contribution in [0.15, 0.2) is 16.9 Å². The number of aromatic nitrogens is 2. The number of hydrogen-bond acceptors (Lipinski definition) is 4. The molecule has 1 unspecified atom stereocenters. The zero-order valence-corrected chi connectivity index (χ0v) is 9.88. The molecule has 3 rings (SSSR count). The Kier molecular flexibility index (Phi) is 2.63. The van der Waals surface area contributed by atoms with E-state index in [0.717, 1.165) is 31.9 Å². The number of nitrogens with zero attached hydrogens (tertiary/aromatic N) is 3. The summed E-state index contributed by atoms with van der Waals surface area (Å²) in [5, 5.41) is 4.44. The topological polar surface area (TPSA) is 64.2 Å². The molecular weight excluding hydrogens is 216 g/mol. The maximum absolute atomic E-state index is 11.7. The smallest absolute Gasteiger partial charge is 0.266 e. The second-order valence-corrected chi connectivity index (χ2v) is 5.15. The SMILES string of the molecule is NC1CCN(c2ccc(=O)n(CC3CC3)n2)C1. The summed E-state index contributed by atoms with van der Waals surface area (Å²) in [6.45, 7) is 2.55. The number of rotatable bonds is 3. The maximum atomic E-state index is 11.7. The molecule has 0 spiro atoms. The highest BCUT2D eigenvalue weighted by Crippen LogP contribution is 2.30. The van der Waals surface area contributed by atoms with Gasteiger partial charge in [0.15, 0.2) is 0 Å². The lowest BCUT2D eigenvalue weighted by molar-refractivity contribution is 0.532. The third-order valence-electron chi connectivity index (χ3n) is 3.53. The molecule has 0 amide bonds. The van der Waals surface area contributed by atoms with Crippen LogP contribution in [0, 0.1) is 5.92 Å². The average molecular weight is 234 g/mol. The highest BCUT2D eigenvalue weighted by atomic mass is 16.1. The summed E-state index contributed by atoms with van der Waals surface area (Å²) < 4.78 is 1.61. The molecule has 1 aliphatic carbocycles. The minimum atomic E-state index is 0.00384. The predicted octanol–water partition coefficient (Wildman–Crippen LogP) is 0.191. The normalized spacial score (nSPS) is 24.3. The Morgan fingerprint density at radius 3 is 2.82 bits per heavy atom. The first kappa shape index (κ1) is 10.8. The van der Waals surface area contributed by atoms with Crippen LogP contribution < -0.4 is 16.2 Å². The van der Waals surface area contributed by atoms with Crippen molar-refractivity contribution < 1.29 is 0 Å². The first-order valence-electron chi connectivity index (χ1n) is 6.31. The summed E-state index contributed by atoms with van der Waals surface area (Å²) >= 11 is 0. The van der Waals surface area contributed by atoms with E-state index in [0.29, 0.717) is 5.92 Å². The molecule has 0 bridgehead atoms. The number of nitrogens with two attached hydrogens (primary N) is 1. The summed E-state index contributed by atoms with van der Waals surface area (Å²) in [5.41, 5.74) is 5.89. The molecule has 1 saturated heterocycles. The zero-order valence-electron chi connectivity index (χ0n) is 9.88. The van der Waals surface area contributed by atoms with Gasteiger partial charge in [-0.2, -0.15) is 5.10 Å². The van der Waals surface area contributed by atoms with Crippen molar-refractivity contribution in [1.82, 2.24) is 9.78 Å². The lowest BCUT2D eigenvalue weighted by Gasteiger charge is -2.17. The van der Waals surface area contributed by atoms with Crippen LogP contribution in [-0.2, 0) is 6.54 Å². The Balaban J connectivity index is 1.82. The van der Waals surface area contributed by atoms with Gasteiger partial charge >= 0.3 is 0 Å². The van der Waals surface area contributed by atoms with Gasteiger partial charge in [-0.15, -0.1) is 0 Å². The lowest BCUT2D eigenvalue weighted by Crippen LogP contribution is -2.30. The Morgan fingerprint density at radius 1 is 1.35 bits per heavy atom. The van der Waals surface area contributed by atoms with Crippen LogP contribution in [0.5, 0.6) is 0 Å². The highest BCUT2D eigenvalue weighted by Gasteiger charge is 2.24. The molecule has 1 aromatic rings. The zero-order chi connectivity index (χ0) is 11.8. The van der Waals surface area contributed by atoms with Gasteiger partial charge in [-0.3, -0.25) is 4.79 Å². The van der Waals surface area contributed by atoms with Crippen LogP contribution in [0.1, 0.15) is 19.3 Å². The van der Waals surface area contributed by atoms with Crippen LogP contribution >= 0.6 is 0 Å². The Bertz CT molecular complexity index is 466. The van der Waals surface area contributed by atoms with E-state index in [4.69, 9.17) is 5.73 Å². The largest absolute Gasteiger partial charge is 0.354 e.